The first kappa shape index (κ1) is 11.2. The van der Waals surface area contributed by atoms with Gasteiger partial charge in [0.2, 0.25) is 0 Å². The molecule has 2 atom stereocenters. The number of nitrogens with zero attached hydrogens (tertiary/aromatic N) is 1. The summed E-state index contributed by atoms with van der Waals surface area (Å²) in [6, 6.07) is 3.96. The van der Waals surface area contributed by atoms with Crippen LogP contribution < -0.4 is 0 Å². The maximum atomic E-state index is 10.5. The Hall–Kier alpha value is -1.29. The molecule has 0 spiro atoms. The van der Waals surface area contributed by atoms with Gasteiger partial charge in [-0.1, -0.05) is 6.92 Å². The molecule has 1 aromatic heterocycles. The second-order valence-electron chi connectivity index (χ2n) is 4.69. The molecule has 1 heterocycles. The normalized spacial score (nSPS) is 23.7. The summed E-state index contributed by atoms with van der Waals surface area (Å²) in [5.74, 6) is 2.39. The van der Waals surface area contributed by atoms with E-state index in [0.717, 1.165) is 17.4 Å². The summed E-state index contributed by atoms with van der Waals surface area (Å²) >= 11 is 0. The number of rotatable bonds is 5. The van der Waals surface area contributed by atoms with Gasteiger partial charge in [-0.25, -0.2) is 0 Å². The molecule has 2 rings (SSSR count). The molecule has 4 heteroatoms. The smallest absolute Gasteiger partial charge is 0.317 e. The van der Waals surface area contributed by atoms with Gasteiger partial charge in [-0.3, -0.25) is 9.69 Å². The summed E-state index contributed by atoms with van der Waals surface area (Å²) in [4.78, 5) is 12.2. The lowest BCUT2D eigenvalue weighted by atomic mass is 10.3. The van der Waals surface area contributed by atoms with Crippen molar-refractivity contribution in [1.29, 1.82) is 0 Å². The molecule has 0 bridgehead atoms. The SMILES string of the molecule is CC1CC1c1ccc(CN(C)CC(=O)O)o1. The van der Waals surface area contributed by atoms with E-state index in [4.69, 9.17) is 9.52 Å². The highest BCUT2D eigenvalue weighted by molar-refractivity contribution is 5.68. The van der Waals surface area contributed by atoms with Crippen LogP contribution in [0.25, 0.3) is 0 Å². The van der Waals surface area contributed by atoms with Crippen LogP contribution in [0, 0.1) is 5.92 Å². The fourth-order valence-electron chi connectivity index (χ4n) is 1.95. The lowest BCUT2D eigenvalue weighted by molar-refractivity contribution is -0.138. The Balaban J connectivity index is 1.90. The molecular weight excluding hydrogens is 206 g/mol. The van der Waals surface area contributed by atoms with Crippen LogP contribution in [0.3, 0.4) is 0 Å². The Morgan fingerprint density at radius 2 is 2.31 bits per heavy atom. The van der Waals surface area contributed by atoms with Gasteiger partial charge in [-0.2, -0.15) is 0 Å². The summed E-state index contributed by atoms with van der Waals surface area (Å²) in [7, 11) is 1.77. The van der Waals surface area contributed by atoms with Crippen LogP contribution in [0.2, 0.25) is 0 Å². The average molecular weight is 223 g/mol. The predicted molar refractivity (Wildman–Crippen MR) is 59.2 cm³/mol. The van der Waals surface area contributed by atoms with Crippen molar-refractivity contribution in [3.05, 3.63) is 23.7 Å². The monoisotopic (exact) mass is 223 g/mol. The van der Waals surface area contributed by atoms with Gasteiger partial charge < -0.3 is 9.52 Å². The number of carboxylic acid groups (broad SMARTS) is 1. The molecule has 88 valence electrons. The van der Waals surface area contributed by atoms with Crippen molar-refractivity contribution in [2.45, 2.75) is 25.8 Å². The lowest BCUT2D eigenvalue weighted by Gasteiger charge is -2.11. The molecule has 0 radical (unpaired) electrons. The summed E-state index contributed by atoms with van der Waals surface area (Å²) in [6.07, 6.45) is 1.21. The number of carbonyl (C=O) groups is 1. The molecule has 1 aromatic rings. The zero-order valence-corrected chi connectivity index (χ0v) is 9.64. The van der Waals surface area contributed by atoms with Gasteiger partial charge in [-0.15, -0.1) is 0 Å². The van der Waals surface area contributed by atoms with Gasteiger partial charge >= 0.3 is 5.97 Å². The van der Waals surface area contributed by atoms with Crippen molar-refractivity contribution in [2.24, 2.45) is 5.92 Å². The largest absolute Gasteiger partial charge is 0.480 e. The molecule has 0 aromatic carbocycles. The topological polar surface area (TPSA) is 53.7 Å². The summed E-state index contributed by atoms with van der Waals surface area (Å²) in [6.45, 7) is 2.80. The van der Waals surface area contributed by atoms with Gasteiger partial charge in [0.05, 0.1) is 13.1 Å². The molecule has 16 heavy (non-hydrogen) atoms. The van der Waals surface area contributed by atoms with E-state index >= 15 is 0 Å². The quantitative estimate of drug-likeness (QED) is 0.828. The predicted octanol–water partition coefficient (Wildman–Crippen LogP) is 1.92. The third-order valence-corrected chi connectivity index (χ3v) is 2.99. The second kappa shape index (κ2) is 4.29. The Kier molecular flexibility index (Phi) is 3.01. The molecular formula is C12H17NO3. The highest BCUT2D eigenvalue weighted by Crippen LogP contribution is 2.47. The van der Waals surface area contributed by atoms with Crippen LogP contribution in [-0.2, 0) is 11.3 Å². The van der Waals surface area contributed by atoms with E-state index in [9.17, 15) is 4.79 Å². The highest BCUT2D eigenvalue weighted by atomic mass is 16.4. The lowest BCUT2D eigenvalue weighted by Crippen LogP contribution is -2.24. The Morgan fingerprint density at radius 3 is 2.88 bits per heavy atom. The number of aliphatic carboxylic acids is 1. The minimum Gasteiger partial charge on any atom is -0.480 e. The van der Waals surface area contributed by atoms with Crippen LogP contribution in [0.15, 0.2) is 16.5 Å². The summed E-state index contributed by atoms with van der Waals surface area (Å²) < 4.78 is 5.70. The molecule has 0 amide bonds. The van der Waals surface area contributed by atoms with E-state index in [1.807, 2.05) is 12.1 Å². The zero-order chi connectivity index (χ0) is 11.7. The number of carboxylic acids is 1. The minimum absolute atomic E-state index is 0.0376. The van der Waals surface area contributed by atoms with E-state index in [0.29, 0.717) is 12.5 Å². The molecule has 1 N–H and O–H groups in total. The van der Waals surface area contributed by atoms with Crippen molar-refractivity contribution in [3.8, 4) is 0 Å². The number of hydrogen-bond donors (Lipinski definition) is 1. The Bertz CT molecular complexity index is 385. The maximum Gasteiger partial charge on any atom is 0.317 e. The molecule has 1 saturated carbocycles. The standard InChI is InChI=1S/C12H17NO3/c1-8-5-10(8)11-4-3-9(16-11)6-13(2)7-12(14)15/h3-4,8,10H,5-7H2,1-2H3,(H,14,15). The summed E-state index contributed by atoms with van der Waals surface area (Å²) in [5, 5.41) is 8.63. The van der Waals surface area contributed by atoms with E-state index in [2.05, 4.69) is 6.92 Å². The van der Waals surface area contributed by atoms with Gasteiger partial charge in [0, 0.05) is 5.92 Å². The van der Waals surface area contributed by atoms with Gasteiger partial charge in [0.1, 0.15) is 11.5 Å². The molecule has 1 fully saturated rings. The number of likely N-dealkylation sites (N-methyl/N-ethyl adjacent to an activating group) is 1. The van der Waals surface area contributed by atoms with Gasteiger partial charge in [0.25, 0.3) is 0 Å². The molecule has 0 saturated heterocycles. The molecule has 1 aliphatic carbocycles. The fraction of sp³-hybridized carbons (Fsp3) is 0.583. The first-order chi connectivity index (χ1) is 7.56. The zero-order valence-electron chi connectivity index (χ0n) is 9.64. The van der Waals surface area contributed by atoms with Crippen molar-refractivity contribution >= 4 is 5.97 Å². The van der Waals surface area contributed by atoms with Crippen molar-refractivity contribution in [1.82, 2.24) is 4.90 Å². The molecule has 1 aliphatic rings. The maximum absolute atomic E-state index is 10.5. The first-order valence-corrected chi connectivity index (χ1v) is 5.55. The van der Waals surface area contributed by atoms with Crippen LogP contribution in [0.4, 0.5) is 0 Å². The van der Waals surface area contributed by atoms with E-state index in [1.54, 1.807) is 11.9 Å². The highest BCUT2D eigenvalue weighted by Gasteiger charge is 2.36. The molecule has 4 nitrogen and oxygen atoms in total. The van der Waals surface area contributed by atoms with Crippen molar-refractivity contribution < 1.29 is 14.3 Å². The van der Waals surface area contributed by atoms with Crippen LogP contribution in [-0.4, -0.2) is 29.6 Å². The van der Waals surface area contributed by atoms with Crippen LogP contribution >= 0.6 is 0 Å². The Labute approximate surface area is 94.9 Å². The Morgan fingerprint density at radius 1 is 1.62 bits per heavy atom. The van der Waals surface area contributed by atoms with Gasteiger partial charge in [0.15, 0.2) is 0 Å². The van der Waals surface area contributed by atoms with Crippen molar-refractivity contribution in [2.75, 3.05) is 13.6 Å². The average Bonchev–Trinajstić information content (AvgIpc) is 2.73. The fourth-order valence-corrected chi connectivity index (χ4v) is 1.95. The second-order valence-corrected chi connectivity index (χ2v) is 4.69. The number of hydrogen-bond acceptors (Lipinski definition) is 3. The van der Waals surface area contributed by atoms with E-state index < -0.39 is 5.97 Å². The van der Waals surface area contributed by atoms with Crippen molar-refractivity contribution in [3.63, 3.8) is 0 Å². The summed E-state index contributed by atoms with van der Waals surface area (Å²) in [5.41, 5.74) is 0. The minimum atomic E-state index is -0.815. The third-order valence-electron chi connectivity index (χ3n) is 2.99. The van der Waals surface area contributed by atoms with Gasteiger partial charge in [-0.05, 0) is 31.5 Å². The van der Waals surface area contributed by atoms with E-state index in [1.165, 1.54) is 6.42 Å². The first-order valence-electron chi connectivity index (χ1n) is 5.55. The van der Waals surface area contributed by atoms with E-state index in [-0.39, 0.29) is 6.54 Å². The molecule has 2 unspecified atom stereocenters. The van der Waals surface area contributed by atoms with Crippen LogP contribution in [0.1, 0.15) is 30.8 Å². The molecule has 0 aliphatic heterocycles. The number of furan rings is 1. The third kappa shape index (κ3) is 2.64. The van der Waals surface area contributed by atoms with Crippen LogP contribution in [0.5, 0.6) is 0 Å².